The van der Waals surface area contributed by atoms with Crippen LogP contribution >= 0.6 is 11.6 Å². The maximum Gasteiger partial charge on any atom is 0.345 e. The number of nitrogens with one attached hydrogen (secondary N) is 2. The highest BCUT2D eigenvalue weighted by atomic mass is 35.5. The molecule has 0 radical (unpaired) electrons. The minimum Gasteiger partial charge on any atom is -0.422 e. The van der Waals surface area contributed by atoms with Gasteiger partial charge in [-0.05, 0) is 41.1 Å². The van der Waals surface area contributed by atoms with Crippen molar-refractivity contribution in [3.63, 3.8) is 0 Å². The second-order valence-corrected chi connectivity index (χ2v) is 9.67. The van der Waals surface area contributed by atoms with Crippen LogP contribution in [0, 0.1) is 0 Å². The highest BCUT2D eigenvalue weighted by Crippen LogP contribution is 2.28. The molecule has 8 nitrogen and oxygen atoms in total. The van der Waals surface area contributed by atoms with E-state index in [9.17, 15) is 18.0 Å². The molecule has 2 N–H and O–H groups in total. The number of hydrogen-bond donors (Lipinski definition) is 2. The van der Waals surface area contributed by atoms with Crippen molar-refractivity contribution in [2.24, 2.45) is 5.10 Å². The Morgan fingerprint density at radius 3 is 2.36 bits per heavy atom. The first-order valence-corrected chi connectivity index (χ1v) is 12.6. The third-order valence-electron chi connectivity index (χ3n) is 5.09. The van der Waals surface area contributed by atoms with Gasteiger partial charge in [0, 0.05) is 5.56 Å². The van der Waals surface area contributed by atoms with E-state index in [0.717, 1.165) is 10.8 Å². The fourth-order valence-electron chi connectivity index (χ4n) is 3.33. The number of fused-ring (bicyclic) bond motifs is 1. The van der Waals surface area contributed by atoms with Crippen LogP contribution < -0.4 is 14.9 Å². The van der Waals surface area contributed by atoms with Gasteiger partial charge in [0.1, 0.15) is 5.75 Å². The van der Waals surface area contributed by atoms with Crippen LogP contribution in [0.4, 0.5) is 0 Å². The van der Waals surface area contributed by atoms with Crippen LogP contribution in [0.15, 0.2) is 101 Å². The van der Waals surface area contributed by atoms with E-state index < -0.39 is 28.4 Å². The van der Waals surface area contributed by atoms with Crippen molar-refractivity contribution >= 4 is 50.5 Å². The number of esters is 1. The Labute approximate surface area is 212 Å². The average molecular weight is 522 g/mol. The SMILES string of the molecule is O=C(CNS(=O)(=O)c1ccccc1)N/N=C\c1c(OC(=O)c2ccccc2Cl)ccc2ccccc12. The fraction of sp³-hybridized carbons (Fsp3) is 0.0385. The molecule has 0 aromatic heterocycles. The Morgan fingerprint density at radius 2 is 1.58 bits per heavy atom. The third-order valence-corrected chi connectivity index (χ3v) is 6.83. The van der Waals surface area contributed by atoms with Crippen LogP contribution in [0.1, 0.15) is 15.9 Å². The topological polar surface area (TPSA) is 114 Å². The number of sulfonamides is 1. The minimum absolute atomic E-state index is 0.0435. The summed E-state index contributed by atoms with van der Waals surface area (Å²) >= 11 is 6.12. The summed E-state index contributed by atoms with van der Waals surface area (Å²) in [5.74, 6) is -1.12. The van der Waals surface area contributed by atoms with Crippen molar-refractivity contribution in [2.75, 3.05) is 6.54 Å². The summed E-state index contributed by atoms with van der Waals surface area (Å²) in [4.78, 5) is 25.0. The number of ether oxygens (including phenoxy) is 1. The fourth-order valence-corrected chi connectivity index (χ4v) is 4.55. The van der Waals surface area contributed by atoms with Crippen LogP contribution in [-0.4, -0.2) is 33.1 Å². The lowest BCUT2D eigenvalue weighted by atomic mass is 10.0. The lowest BCUT2D eigenvalue weighted by Gasteiger charge is -2.11. The molecule has 0 unspecified atom stereocenters. The molecule has 0 spiro atoms. The van der Waals surface area contributed by atoms with Gasteiger partial charge in [-0.1, -0.05) is 72.3 Å². The molecular formula is C26H20ClN3O5S. The molecule has 0 aliphatic carbocycles. The monoisotopic (exact) mass is 521 g/mol. The number of hydrazone groups is 1. The van der Waals surface area contributed by atoms with E-state index in [1.807, 2.05) is 24.3 Å². The van der Waals surface area contributed by atoms with E-state index in [-0.39, 0.29) is 21.2 Å². The molecule has 4 aromatic rings. The van der Waals surface area contributed by atoms with Crippen molar-refractivity contribution in [3.8, 4) is 5.75 Å². The minimum atomic E-state index is -3.84. The lowest BCUT2D eigenvalue weighted by molar-refractivity contribution is -0.119. The normalized spacial score (nSPS) is 11.5. The number of rotatable bonds is 8. The molecule has 0 bridgehead atoms. The Bertz CT molecular complexity index is 1560. The van der Waals surface area contributed by atoms with Crippen molar-refractivity contribution < 1.29 is 22.7 Å². The summed E-state index contributed by atoms with van der Waals surface area (Å²) in [6.45, 7) is -0.515. The van der Waals surface area contributed by atoms with Crippen molar-refractivity contribution in [1.29, 1.82) is 0 Å². The van der Waals surface area contributed by atoms with Gasteiger partial charge >= 0.3 is 5.97 Å². The number of halogens is 1. The molecule has 4 aromatic carbocycles. The summed E-state index contributed by atoms with van der Waals surface area (Å²) in [7, 11) is -3.84. The molecule has 182 valence electrons. The molecule has 10 heteroatoms. The molecule has 0 atom stereocenters. The van der Waals surface area contributed by atoms with Crippen molar-refractivity contribution in [2.45, 2.75) is 4.90 Å². The Balaban J connectivity index is 1.51. The Kier molecular flexibility index (Phi) is 7.74. The van der Waals surface area contributed by atoms with Crippen LogP contribution in [0.3, 0.4) is 0 Å². The summed E-state index contributed by atoms with van der Waals surface area (Å²) in [5, 5.41) is 5.79. The first-order chi connectivity index (χ1) is 17.3. The second kappa shape index (κ2) is 11.1. The number of nitrogens with zero attached hydrogens (tertiary/aromatic N) is 1. The third kappa shape index (κ3) is 5.95. The Morgan fingerprint density at radius 1 is 0.889 bits per heavy atom. The second-order valence-electron chi connectivity index (χ2n) is 7.50. The highest BCUT2D eigenvalue weighted by molar-refractivity contribution is 7.89. The molecule has 0 fully saturated rings. The molecule has 0 saturated heterocycles. The number of carbonyl (C=O) groups excluding carboxylic acids is 2. The zero-order valence-corrected chi connectivity index (χ0v) is 20.3. The van der Waals surface area contributed by atoms with Gasteiger partial charge in [0.25, 0.3) is 5.91 Å². The first-order valence-electron chi connectivity index (χ1n) is 10.7. The zero-order chi connectivity index (χ0) is 25.5. The number of amides is 1. The van der Waals surface area contributed by atoms with E-state index in [4.69, 9.17) is 16.3 Å². The average Bonchev–Trinajstić information content (AvgIpc) is 2.89. The van der Waals surface area contributed by atoms with Gasteiger partial charge in [-0.2, -0.15) is 5.10 Å². The summed E-state index contributed by atoms with van der Waals surface area (Å²) < 4.78 is 32.4. The van der Waals surface area contributed by atoms with Gasteiger partial charge in [0.2, 0.25) is 10.0 Å². The van der Waals surface area contributed by atoms with Gasteiger partial charge in [-0.3, -0.25) is 4.79 Å². The zero-order valence-electron chi connectivity index (χ0n) is 18.7. The molecule has 4 rings (SSSR count). The van der Waals surface area contributed by atoms with Crippen LogP contribution in [0.5, 0.6) is 5.75 Å². The largest absolute Gasteiger partial charge is 0.422 e. The summed E-state index contributed by atoms with van der Waals surface area (Å²) in [6.07, 6.45) is 1.33. The van der Waals surface area contributed by atoms with Gasteiger partial charge < -0.3 is 4.74 Å². The molecule has 0 saturated carbocycles. The van der Waals surface area contributed by atoms with Gasteiger partial charge in [-0.15, -0.1) is 0 Å². The van der Waals surface area contributed by atoms with E-state index >= 15 is 0 Å². The molecule has 1 amide bonds. The lowest BCUT2D eigenvalue weighted by Crippen LogP contribution is -2.34. The number of carbonyl (C=O) groups is 2. The van der Waals surface area contributed by atoms with Crippen LogP contribution in [0.25, 0.3) is 10.8 Å². The molecular weight excluding hydrogens is 502 g/mol. The van der Waals surface area contributed by atoms with E-state index in [0.29, 0.717) is 5.56 Å². The maximum atomic E-state index is 12.7. The van der Waals surface area contributed by atoms with Crippen LogP contribution in [0.2, 0.25) is 5.02 Å². The van der Waals surface area contributed by atoms with Gasteiger partial charge in [0.05, 0.1) is 28.2 Å². The van der Waals surface area contributed by atoms with E-state index in [1.54, 1.807) is 54.6 Å². The molecule has 0 aliphatic heterocycles. The molecule has 0 heterocycles. The predicted octanol–water partition coefficient (Wildman–Crippen LogP) is 4.14. The van der Waals surface area contributed by atoms with E-state index in [2.05, 4.69) is 15.2 Å². The smallest absolute Gasteiger partial charge is 0.345 e. The maximum absolute atomic E-state index is 12.7. The quantitative estimate of drug-likeness (QED) is 0.156. The number of benzene rings is 4. The Hall–Kier alpha value is -4.05. The van der Waals surface area contributed by atoms with E-state index in [1.165, 1.54) is 18.3 Å². The summed E-state index contributed by atoms with van der Waals surface area (Å²) in [5.41, 5.74) is 2.93. The number of hydrogen-bond acceptors (Lipinski definition) is 6. The predicted molar refractivity (Wildman–Crippen MR) is 138 cm³/mol. The molecule has 0 aliphatic rings. The van der Waals surface area contributed by atoms with Gasteiger partial charge in [-0.25, -0.2) is 23.4 Å². The standard InChI is InChI=1S/C26H20ClN3O5S/c27-23-13-7-6-12-21(23)26(32)35-24-15-14-18-8-4-5-11-20(18)22(24)16-28-30-25(31)17-29-36(33,34)19-9-2-1-3-10-19/h1-16,29H,17H2,(H,30,31)/b28-16-. The van der Waals surface area contributed by atoms with Crippen molar-refractivity contribution in [1.82, 2.24) is 10.1 Å². The molecule has 36 heavy (non-hydrogen) atoms. The van der Waals surface area contributed by atoms with Crippen molar-refractivity contribution in [3.05, 3.63) is 107 Å². The van der Waals surface area contributed by atoms with Crippen LogP contribution in [-0.2, 0) is 14.8 Å². The summed E-state index contributed by atoms with van der Waals surface area (Å²) in [6, 6.07) is 25.0. The first kappa shape index (κ1) is 25.1. The highest BCUT2D eigenvalue weighted by Gasteiger charge is 2.17. The van der Waals surface area contributed by atoms with Gasteiger partial charge in [0.15, 0.2) is 0 Å².